The number of benzene rings is 2. The van der Waals surface area contributed by atoms with E-state index in [1.165, 1.54) is 6.08 Å². The van der Waals surface area contributed by atoms with E-state index >= 15 is 0 Å². The van der Waals surface area contributed by atoms with Gasteiger partial charge in [0.05, 0.1) is 42.9 Å². The molecule has 10 heteroatoms. The summed E-state index contributed by atoms with van der Waals surface area (Å²) in [7, 11) is 1.64. The second-order valence-electron chi connectivity index (χ2n) is 10.2. The van der Waals surface area contributed by atoms with Crippen LogP contribution in [0.5, 0.6) is 5.75 Å². The summed E-state index contributed by atoms with van der Waals surface area (Å²) in [5.41, 5.74) is 3.30. The number of piperidine rings is 1. The summed E-state index contributed by atoms with van der Waals surface area (Å²) < 4.78 is 13.4. The summed E-state index contributed by atoms with van der Waals surface area (Å²) in [6.07, 6.45) is 7.09. The lowest BCUT2D eigenvalue weighted by atomic mass is 10.0. The molecule has 0 atom stereocenters. The van der Waals surface area contributed by atoms with E-state index in [-0.39, 0.29) is 5.91 Å². The Morgan fingerprint density at radius 1 is 1.07 bits per heavy atom. The summed E-state index contributed by atoms with van der Waals surface area (Å²) in [5.74, 6) is 1.51. The Labute approximate surface area is 239 Å². The van der Waals surface area contributed by atoms with Gasteiger partial charge >= 0.3 is 0 Å². The van der Waals surface area contributed by atoms with Crippen LogP contribution in [-0.2, 0) is 9.53 Å². The van der Waals surface area contributed by atoms with E-state index in [0.29, 0.717) is 29.1 Å². The standard InChI is InChI=1S/C31H35N7O3/c1-3-30(39)33-24-20-25(34-31-32-12-8-29(35-31)38-15-9-22-6-4-5-7-26(22)38)28(40-2)21-27(24)37-13-10-23(11-14-37)36-16-18-41-19-17-36/h3-9,12,15,20-21,23H,1,10-11,13-14,16-19H2,2H3,(H,33,39)(H,32,34,35). The summed E-state index contributed by atoms with van der Waals surface area (Å²) in [6, 6.07) is 16.5. The summed E-state index contributed by atoms with van der Waals surface area (Å²) in [4.78, 5) is 26.5. The average Bonchev–Trinajstić information content (AvgIpc) is 3.46. The largest absolute Gasteiger partial charge is 0.494 e. The van der Waals surface area contributed by atoms with E-state index in [4.69, 9.17) is 14.5 Å². The first-order chi connectivity index (χ1) is 20.1. The van der Waals surface area contributed by atoms with Crippen LogP contribution in [0, 0.1) is 0 Å². The number of hydrogen-bond acceptors (Lipinski definition) is 8. The van der Waals surface area contributed by atoms with Crippen LogP contribution in [-0.4, -0.2) is 77.9 Å². The maximum Gasteiger partial charge on any atom is 0.247 e. The van der Waals surface area contributed by atoms with Crippen molar-refractivity contribution in [3.8, 4) is 11.6 Å². The van der Waals surface area contributed by atoms with Gasteiger partial charge in [-0.25, -0.2) is 4.98 Å². The Morgan fingerprint density at radius 3 is 2.66 bits per heavy atom. The molecule has 0 unspecified atom stereocenters. The number of ether oxygens (including phenoxy) is 2. The number of morpholine rings is 1. The second-order valence-corrected chi connectivity index (χ2v) is 10.2. The Hall–Kier alpha value is -4.41. The zero-order valence-electron chi connectivity index (χ0n) is 23.3. The van der Waals surface area contributed by atoms with Gasteiger partial charge < -0.3 is 29.6 Å². The minimum atomic E-state index is -0.275. The number of para-hydroxylation sites is 1. The van der Waals surface area contributed by atoms with Crippen molar-refractivity contribution in [2.45, 2.75) is 18.9 Å². The molecule has 4 aromatic rings. The molecule has 6 rings (SSSR count). The molecule has 0 saturated carbocycles. The fourth-order valence-electron chi connectivity index (χ4n) is 5.74. The Balaban J connectivity index is 1.27. The third kappa shape index (κ3) is 5.75. The van der Waals surface area contributed by atoms with Crippen molar-refractivity contribution in [3.05, 3.63) is 73.6 Å². The van der Waals surface area contributed by atoms with Crippen LogP contribution >= 0.6 is 0 Å². The lowest BCUT2D eigenvalue weighted by molar-refractivity contribution is -0.111. The SMILES string of the molecule is C=CC(=O)Nc1cc(Nc2nccc(-n3ccc4ccccc43)n2)c(OC)cc1N1CCC(N2CCOCC2)CC1. The van der Waals surface area contributed by atoms with Gasteiger partial charge in [0.1, 0.15) is 11.6 Å². The molecular weight excluding hydrogens is 518 g/mol. The molecule has 10 nitrogen and oxygen atoms in total. The maximum absolute atomic E-state index is 12.4. The fourth-order valence-corrected chi connectivity index (χ4v) is 5.74. The predicted octanol–water partition coefficient (Wildman–Crippen LogP) is 4.60. The molecule has 212 valence electrons. The molecular formula is C31H35N7O3. The van der Waals surface area contributed by atoms with Crippen LogP contribution in [0.3, 0.4) is 0 Å². The number of carbonyl (C=O) groups is 1. The van der Waals surface area contributed by atoms with Gasteiger partial charge in [0.2, 0.25) is 11.9 Å². The van der Waals surface area contributed by atoms with Crippen molar-refractivity contribution in [2.24, 2.45) is 0 Å². The van der Waals surface area contributed by atoms with Gasteiger partial charge in [-0.05, 0) is 48.6 Å². The molecule has 2 aliphatic heterocycles. The van der Waals surface area contributed by atoms with Crippen molar-refractivity contribution in [2.75, 3.05) is 62.0 Å². The quantitative estimate of drug-likeness (QED) is 0.306. The van der Waals surface area contributed by atoms with Gasteiger partial charge in [0, 0.05) is 50.7 Å². The predicted molar refractivity (Wildman–Crippen MR) is 162 cm³/mol. The van der Waals surface area contributed by atoms with Crippen molar-refractivity contribution >= 4 is 39.8 Å². The Kier molecular flexibility index (Phi) is 7.84. The van der Waals surface area contributed by atoms with Crippen molar-refractivity contribution in [3.63, 3.8) is 0 Å². The topological polar surface area (TPSA) is 96.8 Å². The third-order valence-corrected chi connectivity index (χ3v) is 7.86. The van der Waals surface area contributed by atoms with E-state index in [2.05, 4.69) is 50.2 Å². The highest BCUT2D eigenvalue weighted by molar-refractivity contribution is 6.02. The lowest BCUT2D eigenvalue weighted by Gasteiger charge is -2.41. The molecule has 0 radical (unpaired) electrons. The molecule has 41 heavy (non-hydrogen) atoms. The van der Waals surface area contributed by atoms with Gasteiger partial charge in [0.15, 0.2) is 0 Å². The minimum absolute atomic E-state index is 0.275. The lowest BCUT2D eigenvalue weighted by Crippen LogP contribution is -2.49. The van der Waals surface area contributed by atoms with Gasteiger partial charge in [0.25, 0.3) is 0 Å². The highest BCUT2D eigenvalue weighted by atomic mass is 16.5. The molecule has 0 bridgehead atoms. The molecule has 2 aromatic heterocycles. The average molecular weight is 554 g/mol. The summed E-state index contributed by atoms with van der Waals surface area (Å²) >= 11 is 0. The molecule has 2 saturated heterocycles. The number of aromatic nitrogens is 3. The number of hydrogen-bond donors (Lipinski definition) is 2. The molecule has 2 aromatic carbocycles. The zero-order chi connectivity index (χ0) is 28.2. The van der Waals surface area contributed by atoms with Crippen LogP contribution in [0.4, 0.5) is 23.0 Å². The van der Waals surface area contributed by atoms with E-state index in [1.54, 1.807) is 13.3 Å². The number of rotatable bonds is 8. The van der Waals surface area contributed by atoms with Gasteiger partial charge in [-0.2, -0.15) is 4.98 Å². The number of fused-ring (bicyclic) bond motifs is 1. The minimum Gasteiger partial charge on any atom is -0.494 e. The van der Waals surface area contributed by atoms with Crippen LogP contribution in [0.1, 0.15) is 12.8 Å². The van der Waals surface area contributed by atoms with Crippen molar-refractivity contribution in [1.29, 1.82) is 0 Å². The Morgan fingerprint density at radius 2 is 1.88 bits per heavy atom. The van der Waals surface area contributed by atoms with Crippen LogP contribution < -0.4 is 20.3 Å². The first-order valence-corrected chi connectivity index (χ1v) is 14.0. The normalized spacial score (nSPS) is 16.5. The molecule has 1 amide bonds. The third-order valence-electron chi connectivity index (χ3n) is 7.86. The van der Waals surface area contributed by atoms with E-state index in [0.717, 1.165) is 74.6 Å². The molecule has 0 spiro atoms. The van der Waals surface area contributed by atoms with Crippen LogP contribution in [0.2, 0.25) is 0 Å². The second kappa shape index (κ2) is 12.0. The monoisotopic (exact) mass is 553 g/mol. The van der Waals surface area contributed by atoms with Gasteiger partial charge in [-0.15, -0.1) is 0 Å². The van der Waals surface area contributed by atoms with E-state index in [1.807, 2.05) is 41.1 Å². The summed E-state index contributed by atoms with van der Waals surface area (Å²) in [5, 5.41) is 7.44. The molecule has 2 fully saturated rings. The maximum atomic E-state index is 12.4. The zero-order valence-corrected chi connectivity index (χ0v) is 23.3. The number of methoxy groups -OCH3 is 1. The Bertz CT molecular complexity index is 1540. The number of anilines is 4. The highest BCUT2D eigenvalue weighted by Gasteiger charge is 2.28. The number of nitrogens with one attached hydrogen (secondary N) is 2. The molecule has 4 heterocycles. The van der Waals surface area contributed by atoms with Crippen molar-refractivity contribution < 1.29 is 14.3 Å². The number of amides is 1. The van der Waals surface area contributed by atoms with E-state index < -0.39 is 0 Å². The van der Waals surface area contributed by atoms with Crippen LogP contribution in [0.15, 0.2) is 73.6 Å². The summed E-state index contributed by atoms with van der Waals surface area (Å²) in [6.45, 7) is 8.98. The van der Waals surface area contributed by atoms with E-state index in [9.17, 15) is 4.79 Å². The number of carbonyl (C=O) groups excluding carboxylic acids is 1. The molecule has 2 aliphatic rings. The smallest absolute Gasteiger partial charge is 0.247 e. The van der Waals surface area contributed by atoms with Crippen LogP contribution in [0.25, 0.3) is 16.7 Å². The van der Waals surface area contributed by atoms with Gasteiger partial charge in [-0.3, -0.25) is 9.69 Å². The first-order valence-electron chi connectivity index (χ1n) is 14.0. The first kappa shape index (κ1) is 26.8. The highest BCUT2D eigenvalue weighted by Crippen LogP contribution is 2.39. The number of nitrogens with zero attached hydrogens (tertiary/aromatic N) is 5. The molecule has 0 aliphatic carbocycles. The fraction of sp³-hybridized carbons (Fsp3) is 0.323. The molecule has 2 N–H and O–H groups in total. The van der Waals surface area contributed by atoms with Gasteiger partial charge in [-0.1, -0.05) is 24.8 Å². The van der Waals surface area contributed by atoms with Crippen molar-refractivity contribution in [1.82, 2.24) is 19.4 Å².